The highest BCUT2D eigenvalue weighted by atomic mass is 16.3. The summed E-state index contributed by atoms with van der Waals surface area (Å²) in [5.41, 5.74) is 1.87. The van der Waals surface area contributed by atoms with E-state index >= 15 is 0 Å². The van der Waals surface area contributed by atoms with Gasteiger partial charge >= 0.3 is 0 Å². The van der Waals surface area contributed by atoms with Crippen LogP contribution >= 0.6 is 0 Å². The van der Waals surface area contributed by atoms with E-state index in [2.05, 4.69) is 22.3 Å². The van der Waals surface area contributed by atoms with Gasteiger partial charge in [-0.3, -0.25) is 9.69 Å². The Kier molecular flexibility index (Phi) is 5.05. The topological polar surface area (TPSA) is 52.6 Å². The monoisotopic (exact) mass is 310 g/mol. The molecule has 0 spiro atoms. The number of carbonyl (C=O) groups excluding carboxylic acids is 1. The predicted octanol–water partition coefficient (Wildman–Crippen LogP) is 2.05. The number of amides is 1. The molecule has 4 heteroatoms. The van der Waals surface area contributed by atoms with Crippen LogP contribution in [-0.4, -0.2) is 41.1 Å². The van der Waals surface area contributed by atoms with Crippen LogP contribution in [0.5, 0.6) is 0 Å². The van der Waals surface area contributed by atoms with E-state index in [1.807, 2.05) is 36.4 Å². The Bertz CT molecular complexity index is 630. The van der Waals surface area contributed by atoms with Crippen LogP contribution in [-0.2, 0) is 6.54 Å². The number of aliphatic hydroxyl groups excluding tert-OH is 1. The Labute approximate surface area is 136 Å². The molecule has 120 valence electrons. The van der Waals surface area contributed by atoms with Gasteiger partial charge < -0.3 is 10.4 Å². The summed E-state index contributed by atoms with van der Waals surface area (Å²) in [6.45, 7) is 2.28. The van der Waals surface area contributed by atoms with Crippen molar-refractivity contribution in [1.29, 1.82) is 0 Å². The van der Waals surface area contributed by atoms with E-state index in [-0.39, 0.29) is 11.9 Å². The van der Waals surface area contributed by atoms with Gasteiger partial charge in [0, 0.05) is 25.2 Å². The maximum absolute atomic E-state index is 12.2. The summed E-state index contributed by atoms with van der Waals surface area (Å²) >= 11 is 0. The van der Waals surface area contributed by atoms with E-state index in [0.717, 1.165) is 19.5 Å². The number of β-amino-alcohol motifs (C(OH)–C–C–N with tert-alkyl or cyclic N) is 1. The molecule has 1 saturated heterocycles. The molecule has 1 heterocycles. The van der Waals surface area contributed by atoms with E-state index in [4.69, 9.17) is 0 Å². The fourth-order valence-corrected chi connectivity index (χ4v) is 2.99. The Morgan fingerprint density at radius 3 is 2.39 bits per heavy atom. The summed E-state index contributed by atoms with van der Waals surface area (Å²) < 4.78 is 0. The zero-order valence-corrected chi connectivity index (χ0v) is 13.1. The minimum atomic E-state index is -0.542. The van der Waals surface area contributed by atoms with Crippen molar-refractivity contribution in [2.45, 2.75) is 25.1 Å². The Hall–Kier alpha value is -2.17. The van der Waals surface area contributed by atoms with Crippen molar-refractivity contribution in [2.75, 3.05) is 13.1 Å². The Morgan fingerprint density at radius 1 is 1.09 bits per heavy atom. The van der Waals surface area contributed by atoms with Gasteiger partial charge in [0.25, 0.3) is 5.91 Å². The lowest BCUT2D eigenvalue weighted by Gasteiger charge is -2.36. The average Bonchev–Trinajstić information content (AvgIpc) is 2.59. The van der Waals surface area contributed by atoms with Gasteiger partial charge in [-0.2, -0.15) is 0 Å². The molecule has 1 aliphatic heterocycles. The first-order valence-corrected chi connectivity index (χ1v) is 8.02. The van der Waals surface area contributed by atoms with Crippen LogP contribution in [0.2, 0.25) is 0 Å². The van der Waals surface area contributed by atoms with E-state index in [9.17, 15) is 9.90 Å². The molecule has 2 N–H and O–H groups in total. The summed E-state index contributed by atoms with van der Waals surface area (Å²) in [5, 5.41) is 13.3. The molecule has 2 atom stereocenters. The molecule has 2 aromatic carbocycles. The zero-order valence-electron chi connectivity index (χ0n) is 13.1. The molecule has 0 unspecified atom stereocenters. The number of aliphatic hydroxyl groups is 1. The molecule has 0 saturated carbocycles. The molecule has 4 nitrogen and oxygen atoms in total. The summed E-state index contributed by atoms with van der Waals surface area (Å²) in [6.07, 6.45) is 0.215. The minimum absolute atomic E-state index is 0.119. The largest absolute Gasteiger partial charge is 0.390 e. The molecule has 2 aromatic rings. The van der Waals surface area contributed by atoms with E-state index in [1.54, 1.807) is 12.1 Å². The number of hydrogen-bond donors (Lipinski definition) is 2. The third kappa shape index (κ3) is 4.18. The fraction of sp³-hybridized carbons (Fsp3) is 0.316. The molecule has 0 aliphatic carbocycles. The van der Waals surface area contributed by atoms with Gasteiger partial charge in [0.2, 0.25) is 0 Å². The van der Waals surface area contributed by atoms with Crippen LogP contribution in [0, 0.1) is 0 Å². The zero-order chi connectivity index (χ0) is 16.1. The second-order valence-corrected chi connectivity index (χ2v) is 6.02. The molecule has 23 heavy (non-hydrogen) atoms. The van der Waals surface area contributed by atoms with Crippen LogP contribution < -0.4 is 5.32 Å². The molecule has 0 radical (unpaired) electrons. The summed E-state index contributed by atoms with van der Waals surface area (Å²) in [5.74, 6) is -0.119. The lowest BCUT2D eigenvalue weighted by atomic mass is 10.0. The van der Waals surface area contributed by atoms with Gasteiger partial charge in [0.15, 0.2) is 0 Å². The molecule has 3 rings (SSSR count). The van der Waals surface area contributed by atoms with E-state index < -0.39 is 6.10 Å². The molecular formula is C19H22N2O2. The highest BCUT2D eigenvalue weighted by Crippen LogP contribution is 2.15. The van der Waals surface area contributed by atoms with Crippen LogP contribution in [0.25, 0.3) is 0 Å². The van der Waals surface area contributed by atoms with Crippen LogP contribution in [0.1, 0.15) is 22.3 Å². The fourth-order valence-electron chi connectivity index (χ4n) is 2.99. The quantitative estimate of drug-likeness (QED) is 0.909. The van der Waals surface area contributed by atoms with Crippen molar-refractivity contribution in [1.82, 2.24) is 10.2 Å². The van der Waals surface area contributed by atoms with Gasteiger partial charge in [-0.25, -0.2) is 0 Å². The maximum atomic E-state index is 12.2. The van der Waals surface area contributed by atoms with Crippen LogP contribution in [0.4, 0.5) is 0 Å². The smallest absolute Gasteiger partial charge is 0.251 e. The highest BCUT2D eigenvalue weighted by molar-refractivity contribution is 5.94. The van der Waals surface area contributed by atoms with Gasteiger partial charge in [-0.1, -0.05) is 48.5 Å². The van der Waals surface area contributed by atoms with Crippen molar-refractivity contribution in [3.63, 3.8) is 0 Å². The highest BCUT2D eigenvalue weighted by Gasteiger charge is 2.28. The third-order valence-electron chi connectivity index (χ3n) is 4.27. The van der Waals surface area contributed by atoms with Crippen LogP contribution in [0.15, 0.2) is 60.7 Å². The lowest BCUT2D eigenvalue weighted by Crippen LogP contribution is -2.53. The van der Waals surface area contributed by atoms with Crippen molar-refractivity contribution in [3.05, 3.63) is 71.8 Å². The normalized spacial score (nSPS) is 21.8. The summed E-state index contributed by atoms with van der Waals surface area (Å²) in [7, 11) is 0. The molecule has 1 fully saturated rings. The second-order valence-electron chi connectivity index (χ2n) is 6.02. The molecule has 1 amide bonds. The maximum Gasteiger partial charge on any atom is 0.251 e. The lowest BCUT2D eigenvalue weighted by molar-refractivity contribution is 0.0349. The van der Waals surface area contributed by atoms with E-state index in [1.165, 1.54) is 5.56 Å². The standard InChI is InChI=1S/C19H22N2O2/c22-18-14-21(13-15-7-3-1-4-8-15)12-11-17(18)20-19(23)16-9-5-2-6-10-16/h1-10,17-18,22H,11-14H2,(H,20,23)/t17-,18-/m0/s1. The molecule has 0 aromatic heterocycles. The number of likely N-dealkylation sites (tertiary alicyclic amines) is 1. The average molecular weight is 310 g/mol. The Balaban J connectivity index is 1.53. The molecular weight excluding hydrogens is 288 g/mol. The first-order valence-electron chi connectivity index (χ1n) is 8.02. The number of nitrogens with zero attached hydrogens (tertiary/aromatic N) is 1. The minimum Gasteiger partial charge on any atom is -0.390 e. The summed E-state index contributed by atoms with van der Waals surface area (Å²) in [4.78, 5) is 14.4. The van der Waals surface area contributed by atoms with Gasteiger partial charge in [-0.05, 0) is 24.1 Å². The first-order chi connectivity index (χ1) is 11.2. The van der Waals surface area contributed by atoms with Crippen LogP contribution in [0.3, 0.4) is 0 Å². The molecule has 1 aliphatic rings. The number of hydrogen-bond acceptors (Lipinski definition) is 3. The number of rotatable bonds is 4. The number of benzene rings is 2. The third-order valence-corrected chi connectivity index (χ3v) is 4.27. The van der Waals surface area contributed by atoms with Gasteiger partial charge in [0.1, 0.15) is 0 Å². The van der Waals surface area contributed by atoms with Crippen molar-refractivity contribution in [3.8, 4) is 0 Å². The van der Waals surface area contributed by atoms with Crippen molar-refractivity contribution < 1.29 is 9.90 Å². The Morgan fingerprint density at radius 2 is 1.74 bits per heavy atom. The number of piperidine rings is 1. The van der Waals surface area contributed by atoms with E-state index in [0.29, 0.717) is 12.1 Å². The second kappa shape index (κ2) is 7.40. The number of nitrogens with one attached hydrogen (secondary N) is 1. The van der Waals surface area contributed by atoms with Gasteiger partial charge in [-0.15, -0.1) is 0 Å². The number of carbonyl (C=O) groups is 1. The SMILES string of the molecule is O=C(N[C@H]1CCN(Cc2ccccc2)C[C@@H]1O)c1ccccc1. The van der Waals surface area contributed by atoms with Gasteiger partial charge in [0.05, 0.1) is 12.1 Å². The predicted molar refractivity (Wildman–Crippen MR) is 90.0 cm³/mol. The van der Waals surface area contributed by atoms with Crippen molar-refractivity contribution >= 4 is 5.91 Å². The summed E-state index contributed by atoms with van der Waals surface area (Å²) in [6, 6.07) is 19.2. The first kappa shape index (κ1) is 15.7. The molecule has 0 bridgehead atoms. The van der Waals surface area contributed by atoms with Crippen molar-refractivity contribution in [2.24, 2.45) is 0 Å².